The number of rotatable bonds is 2. The first kappa shape index (κ1) is 17.4. The number of carbonyl (C=O) groups excluding carboxylic acids is 2. The molecule has 0 aliphatic carbocycles. The Morgan fingerprint density at radius 2 is 1.68 bits per heavy atom. The number of carbonyl (C=O) groups is 2. The fraction of sp³-hybridized carbons (Fsp3) is 0.556. The van der Waals surface area contributed by atoms with Crippen LogP contribution in [0.5, 0.6) is 11.5 Å². The van der Waals surface area contributed by atoms with E-state index in [1.54, 1.807) is 16.7 Å². The van der Waals surface area contributed by atoms with Crippen LogP contribution >= 0.6 is 0 Å². The van der Waals surface area contributed by atoms with Crippen molar-refractivity contribution in [2.45, 2.75) is 26.3 Å². The highest BCUT2D eigenvalue weighted by Gasteiger charge is 2.23. The predicted octanol–water partition coefficient (Wildman–Crippen LogP) is 1.78. The molecule has 2 aliphatic heterocycles. The van der Waals surface area contributed by atoms with Crippen molar-refractivity contribution in [3.63, 3.8) is 0 Å². The summed E-state index contributed by atoms with van der Waals surface area (Å²) in [5, 5.41) is 3.02. The first-order valence-electron chi connectivity index (χ1n) is 8.75. The smallest absolute Gasteiger partial charge is 0.317 e. The molecule has 0 unspecified atom stereocenters. The van der Waals surface area contributed by atoms with E-state index in [-0.39, 0.29) is 18.0 Å². The average Bonchev–Trinajstić information content (AvgIpc) is 2.86. The standard InChI is InChI=1S/C18H25N3O4/c1-13(15-4-5-16-17(12-15)25-11-3-10-24-16)19-18(23)21-8-6-20(7-9-21)14(2)22/h4-5,12-13H,3,6-11H2,1-2H3,(H,19,23)/t13-/m0/s1. The molecule has 136 valence electrons. The summed E-state index contributed by atoms with van der Waals surface area (Å²) in [5.41, 5.74) is 0.972. The number of ether oxygens (including phenoxy) is 2. The van der Waals surface area contributed by atoms with E-state index in [1.165, 1.54) is 0 Å². The van der Waals surface area contributed by atoms with Crippen LogP contribution in [0.4, 0.5) is 4.79 Å². The van der Waals surface area contributed by atoms with Crippen molar-refractivity contribution in [2.24, 2.45) is 0 Å². The molecule has 0 radical (unpaired) electrons. The number of hydrogen-bond donors (Lipinski definition) is 1. The van der Waals surface area contributed by atoms with Gasteiger partial charge in [-0.25, -0.2) is 4.79 Å². The maximum Gasteiger partial charge on any atom is 0.317 e. The summed E-state index contributed by atoms with van der Waals surface area (Å²) in [6.45, 7) is 7.08. The quantitative estimate of drug-likeness (QED) is 0.885. The second-order valence-electron chi connectivity index (χ2n) is 6.42. The molecule has 0 spiro atoms. The summed E-state index contributed by atoms with van der Waals surface area (Å²) in [5.74, 6) is 1.53. The zero-order valence-corrected chi connectivity index (χ0v) is 14.8. The van der Waals surface area contributed by atoms with Crippen LogP contribution in [0.3, 0.4) is 0 Å². The van der Waals surface area contributed by atoms with E-state index in [1.807, 2.05) is 25.1 Å². The summed E-state index contributed by atoms with van der Waals surface area (Å²) in [6, 6.07) is 5.52. The van der Waals surface area contributed by atoms with Gasteiger partial charge in [0, 0.05) is 39.5 Å². The van der Waals surface area contributed by atoms with Gasteiger partial charge in [-0.3, -0.25) is 4.79 Å². The second kappa shape index (κ2) is 7.63. The molecule has 1 aromatic carbocycles. The molecular formula is C18H25N3O4. The SMILES string of the molecule is CC(=O)N1CCN(C(=O)N[C@@H](C)c2ccc3c(c2)OCCCO3)CC1. The minimum absolute atomic E-state index is 0.0561. The van der Waals surface area contributed by atoms with Crippen LogP contribution in [-0.4, -0.2) is 61.1 Å². The number of urea groups is 1. The van der Waals surface area contributed by atoms with Crippen LogP contribution in [0.2, 0.25) is 0 Å². The van der Waals surface area contributed by atoms with Crippen molar-refractivity contribution in [1.82, 2.24) is 15.1 Å². The van der Waals surface area contributed by atoms with Crippen molar-refractivity contribution in [3.8, 4) is 11.5 Å². The largest absolute Gasteiger partial charge is 0.490 e. The number of hydrogen-bond acceptors (Lipinski definition) is 4. The zero-order chi connectivity index (χ0) is 17.8. The fourth-order valence-corrected chi connectivity index (χ4v) is 3.03. The van der Waals surface area contributed by atoms with E-state index in [4.69, 9.17) is 9.47 Å². The van der Waals surface area contributed by atoms with E-state index in [0.717, 1.165) is 23.5 Å². The van der Waals surface area contributed by atoms with Crippen molar-refractivity contribution < 1.29 is 19.1 Å². The number of benzene rings is 1. The molecule has 2 heterocycles. The Balaban J connectivity index is 1.58. The molecule has 2 aliphatic rings. The van der Waals surface area contributed by atoms with Gasteiger partial charge in [-0.1, -0.05) is 6.07 Å². The Morgan fingerprint density at radius 3 is 2.36 bits per heavy atom. The molecule has 0 saturated carbocycles. The average molecular weight is 347 g/mol. The van der Waals surface area contributed by atoms with Gasteiger partial charge in [-0.2, -0.15) is 0 Å². The first-order chi connectivity index (χ1) is 12.0. The summed E-state index contributed by atoms with van der Waals surface area (Å²) in [7, 11) is 0. The van der Waals surface area contributed by atoms with Gasteiger partial charge in [0.15, 0.2) is 11.5 Å². The highest BCUT2D eigenvalue weighted by atomic mass is 16.5. The third-order valence-electron chi connectivity index (χ3n) is 4.62. The van der Waals surface area contributed by atoms with Gasteiger partial charge in [0.1, 0.15) is 0 Å². The normalized spacial score (nSPS) is 18.3. The lowest BCUT2D eigenvalue weighted by Crippen LogP contribution is -2.53. The van der Waals surface area contributed by atoms with Gasteiger partial charge in [0.05, 0.1) is 19.3 Å². The van der Waals surface area contributed by atoms with E-state index >= 15 is 0 Å². The highest BCUT2D eigenvalue weighted by molar-refractivity contribution is 5.76. The molecule has 0 aromatic heterocycles. The van der Waals surface area contributed by atoms with Gasteiger partial charge < -0.3 is 24.6 Å². The number of amides is 3. The maximum atomic E-state index is 12.5. The molecule has 3 rings (SSSR count). The number of nitrogens with one attached hydrogen (secondary N) is 1. The third-order valence-corrected chi connectivity index (χ3v) is 4.62. The van der Waals surface area contributed by atoms with Crippen LogP contribution in [0.15, 0.2) is 18.2 Å². The summed E-state index contributed by atoms with van der Waals surface area (Å²) >= 11 is 0. The third kappa shape index (κ3) is 4.15. The number of piperazine rings is 1. The van der Waals surface area contributed by atoms with Crippen LogP contribution < -0.4 is 14.8 Å². The molecule has 1 saturated heterocycles. The Morgan fingerprint density at radius 1 is 1.04 bits per heavy atom. The Bertz CT molecular complexity index is 641. The lowest BCUT2D eigenvalue weighted by molar-refractivity contribution is -0.130. The predicted molar refractivity (Wildman–Crippen MR) is 92.8 cm³/mol. The van der Waals surface area contributed by atoms with E-state index in [0.29, 0.717) is 39.4 Å². The Hall–Kier alpha value is -2.44. The van der Waals surface area contributed by atoms with E-state index in [2.05, 4.69) is 5.32 Å². The minimum atomic E-state index is -0.143. The van der Waals surface area contributed by atoms with Crippen LogP contribution in [0.1, 0.15) is 31.9 Å². The van der Waals surface area contributed by atoms with Gasteiger partial charge in [0.2, 0.25) is 5.91 Å². The van der Waals surface area contributed by atoms with Gasteiger partial charge >= 0.3 is 6.03 Å². The van der Waals surface area contributed by atoms with Crippen LogP contribution in [0, 0.1) is 0 Å². The molecule has 1 atom stereocenters. The Kier molecular flexibility index (Phi) is 5.31. The van der Waals surface area contributed by atoms with Gasteiger partial charge in [-0.15, -0.1) is 0 Å². The first-order valence-corrected chi connectivity index (χ1v) is 8.75. The molecular weight excluding hydrogens is 322 g/mol. The highest BCUT2D eigenvalue weighted by Crippen LogP contribution is 2.32. The van der Waals surface area contributed by atoms with Crippen LogP contribution in [-0.2, 0) is 4.79 Å². The topological polar surface area (TPSA) is 71.1 Å². The van der Waals surface area contributed by atoms with Gasteiger partial charge in [-0.05, 0) is 24.6 Å². The van der Waals surface area contributed by atoms with Crippen molar-refractivity contribution in [3.05, 3.63) is 23.8 Å². The molecule has 1 aromatic rings. The second-order valence-corrected chi connectivity index (χ2v) is 6.42. The monoisotopic (exact) mass is 347 g/mol. The minimum Gasteiger partial charge on any atom is -0.490 e. The van der Waals surface area contributed by atoms with Crippen LogP contribution in [0.25, 0.3) is 0 Å². The number of nitrogens with zero attached hydrogens (tertiary/aromatic N) is 2. The molecule has 0 bridgehead atoms. The summed E-state index contributed by atoms with van der Waals surface area (Å²) in [4.78, 5) is 27.3. The zero-order valence-electron chi connectivity index (χ0n) is 14.8. The Labute approximate surface area is 147 Å². The van der Waals surface area contributed by atoms with Crippen molar-refractivity contribution in [2.75, 3.05) is 39.4 Å². The molecule has 3 amide bonds. The maximum absolute atomic E-state index is 12.5. The summed E-state index contributed by atoms with van der Waals surface area (Å²) in [6.07, 6.45) is 0.864. The number of fused-ring (bicyclic) bond motifs is 1. The fourth-order valence-electron chi connectivity index (χ4n) is 3.03. The van der Waals surface area contributed by atoms with Crippen molar-refractivity contribution in [1.29, 1.82) is 0 Å². The molecule has 7 heteroatoms. The molecule has 1 N–H and O–H groups in total. The van der Waals surface area contributed by atoms with E-state index in [9.17, 15) is 9.59 Å². The van der Waals surface area contributed by atoms with Crippen molar-refractivity contribution >= 4 is 11.9 Å². The molecule has 25 heavy (non-hydrogen) atoms. The van der Waals surface area contributed by atoms with Gasteiger partial charge in [0.25, 0.3) is 0 Å². The lowest BCUT2D eigenvalue weighted by Gasteiger charge is -2.34. The summed E-state index contributed by atoms with van der Waals surface area (Å²) < 4.78 is 11.3. The molecule has 7 nitrogen and oxygen atoms in total. The lowest BCUT2D eigenvalue weighted by atomic mass is 10.1. The van der Waals surface area contributed by atoms with E-state index < -0.39 is 0 Å². The molecule has 1 fully saturated rings.